The number of aromatic nitrogens is 1. The Hall–Kier alpha value is -2.84. The number of nitrogens with zero attached hydrogens (tertiary/aromatic N) is 4. The number of anilines is 1. The van der Waals surface area contributed by atoms with E-state index in [4.69, 9.17) is 14.5 Å². The molecule has 30 heavy (non-hydrogen) atoms. The molecule has 3 aromatic rings. The van der Waals surface area contributed by atoms with Gasteiger partial charge < -0.3 is 24.2 Å². The molecule has 158 valence electrons. The van der Waals surface area contributed by atoms with E-state index in [0.717, 1.165) is 39.5 Å². The molecule has 0 N–H and O–H groups in total. The predicted octanol–water partition coefficient (Wildman–Crippen LogP) is 3.30. The van der Waals surface area contributed by atoms with E-state index in [9.17, 15) is 4.79 Å². The highest BCUT2D eigenvalue weighted by Crippen LogP contribution is 2.37. The van der Waals surface area contributed by atoms with Crippen molar-refractivity contribution in [2.75, 3.05) is 53.0 Å². The number of ether oxygens (including phenoxy) is 2. The van der Waals surface area contributed by atoms with Gasteiger partial charge in [0.1, 0.15) is 5.82 Å². The van der Waals surface area contributed by atoms with Gasteiger partial charge in [-0.05, 0) is 37.7 Å². The zero-order chi connectivity index (χ0) is 21.3. The molecular weight excluding hydrogens is 400 g/mol. The van der Waals surface area contributed by atoms with Gasteiger partial charge in [-0.15, -0.1) is 11.3 Å². The summed E-state index contributed by atoms with van der Waals surface area (Å²) in [6.45, 7) is 2.13. The quantitative estimate of drug-likeness (QED) is 0.578. The fourth-order valence-electron chi connectivity index (χ4n) is 3.44. The predicted molar refractivity (Wildman–Crippen MR) is 120 cm³/mol. The minimum absolute atomic E-state index is 0.0438. The van der Waals surface area contributed by atoms with E-state index in [1.54, 1.807) is 0 Å². The van der Waals surface area contributed by atoms with Crippen LogP contribution in [0.15, 0.2) is 35.7 Å². The van der Waals surface area contributed by atoms with E-state index in [-0.39, 0.29) is 12.7 Å². The van der Waals surface area contributed by atoms with Gasteiger partial charge in [-0.3, -0.25) is 4.79 Å². The van der Waals surface area contributed by atoms with Gasteiger partial charge in [-0.2, -0.15) is 0 Å². The third-order valence-corrected chi connectivity index (χ3v) is 5.84. The molecule has 0 saturated carbocycles. The standard InChI is InChI=1S/C22H26N4O3S/c1-24(2)7-8-26(22(27)20-6-5-9-30-20)13-16-10-15-11-18-19(29-14-28-18)12-17(15)23-21(16)25(3)4/h5-6,9-12H,7-8,13-14H2,1-4H3. The molecule has 0 radical (unpaired) electrons. The van der Waals surface area contributed by atoms with Crippen LogP contribution in [0.3, 0.4) is 0 Å². The summed E-state index contributed by atoms with van der Waals surface area (Å²) in [6, 6.07) is 9.76. The number of thiophene rings is 1. The summed E-state index contributed by atoms with van der Waals surface area (Å²) in [5.74, 6) is 2.33. The van der Waals surface area contributed by atoms with Gasteiger partial charge in [0, 0.05) is 50.7 Å². The third-order valence-electron chi connectivity index (χ3n) is 4.99. The molecule has 0 saturated heterocycles. The molecule has 1 aliphatic rings. The molecule has 0 fully saturated rings. The molecule has 0 atom stereocenters. The molecule has 8 heteroatoms. The lowest BCUT2D eigenvalue weighted by Crippen LogP contribution is -2.36. The first kappa shape index (κ1) is 20.4. The zero-order valence-corrected chi connectivity index (χ0v) is 18.5. The number of hydrogen-bond donors (Lipinski definition) is 0. The van der Waals surface area contributed by atoms with E-state index in [2.05, 4.69) is 11.0 Å². The van der Waals surface area contributed by atoms with E-state index < -0.39 is 0 Å². The smallest absolute Gasteiger partial charge is 0.264 e. The molecule has 2 aromatic heterocycles. The maximum Gasteiger partial charge on any atom is 0.264 e. The number of fused-ring (bicyclic) bond motifs is 2. The molecule has 1 amide bonds. The van der Waals surface area contributed by atoms with Crippen LogP contribution in [0.25, 0.3) is 10.9 Å². The van der Waals surface area contributed by atoms with E-state index in [1.807, 2.05) is 67.6 Å². The molecule has 0 aliphatic carbocycles. The van der Waals surface area contributed by atoms with Crippen LogP contribution in [0, 0.1) is 0 Å². The molecule has 1 aromatic carbocycles. The summed E-state index contributed by atoms with van der Waals surface area (Å²) in [5, 5.41) is 2.90. The van der Waals surface area contributed by atoms with Gasteiger partial charge in [0.15, 0.2) is 11.5 Å². The normalized spacial score (nSPS) is 12.6. The van der Waals surface area contributed by atoms with Crippen molar-refractivity contribution < 1.29 is 14.3 Å². The van der Waals surface area contributed by atoms with Gasteiger partial charge in [0.05, 0.1) is 10.4 Å². The van der Waals surface area contributed by atoms with Crippen molar-refractivity contribution in [2.24, 2.45) is 0 Å². The Kier molecular flexibility index (Phi) is 5.78. The highest BCUT2D eigenvalue weighted by Gasteiger charge is 2.21. The number of likely N-dealkylation sites (N-methyl/N-ethyl adjacent to an activating group) is 1. The van der Waals surface area contributed by atoms with Crippen molar-refractivity contribution >= 4 is 34.0 Å². The molecule has 4 rings (SSSR count). The van der Waals surface area contributed by atoms with Crippen LogP contribution in [0.1, 0.15) is 15.2 Å². The summed E-state index contributed by atoms with van der Waals surface area (Å²) < 4.78 is 11.0. The van der Waals surface area contributed by atoms with Gasteiger partial charge in [0.2, 0.25) is 6.79 Å². The van der Waals surface area contributed by atoms with Gasteiger partial charge >= 0.3 is 0 Å². The average molecular weight is 427 g/mol. The first-order chi connectivity index (χ1) is 14.4. The number of carbonyl (C=O) groups excluding carboxylic acids is 1. The Morgan fingerprint density at radius 3 is 2.53 bits per heavy atom. The lowest BCUT2D eigenvalue weighted by Gasteiger charge is -2.26. The lowest BCUT2D eigenvalue weighted by atomic mass is 10.1. The van der Waals surface area contributed by atoms with Crippen molar-refractivity contribution in [1.82, 2.24) is 14.8 Å². The third kappa shape index (κ3) is 4.20. The summed E-state index contributed by atoms with van der Waals surface area (Å²) in [5.41, 5.74) is 1.84. The Balaban J connectivity index is 1.71. The highest BCUT2D eigenvalue weighted by atomic mass is 32.1. The van der Waals surface area contributed by atoms with Crippen LogP contribution < -0.4 is 14.4 Å². The second-order valence-electron chi connectivity index (χ2n) is 7.77. The van der Waals surface area contributed by atoms with Gasteiger partial charge in [0.25, 0.3) is 5.91 Å². The fraction of sp³-hybridized carbons (Fsp3) is 0.364. The maximum absolute atomic E-state index is 13.2. The second kappa shape index (κ2) is 8.49. The number of hydrogen-bond acceptors (Lipinski definition) is 7. The van der Waals surface area contributed by atoms with Crippen molar-refractivity contribution in [2.45, 2.75) is 6.54 Å². The number of carbonyl (C=O) groups is 1. The van der Waals surface area contributed by atoms with Crippen molar-refractivity contribution in [3.8, 4) is 11.5 Å². The van der Waals surface area contributed by atoms with Crippen molar-refractivity contribution in [3.63, 3.8) is 0 Å². The lowest BCUT2D eigenvalue weighted by molar-refractivity contribution is 0.0737. The number of amides is 1. The maximum atomic E-state index is 13.2. The molecule has 0 spiro atoms. The van der Waals surface area contributed by atoms with Crippen LogP contribution in [0.5, 0.6) is 11.5 Å². The molecule has 0 bridgehead atoms. The number of pyridine rings is 1. The topological polar surface area (TPSA) is 58.1 Å². The second-order valence-corrected chi connectivity index (χ2v) is 8.72. The molecule has 1 aliphatic heterocycles. The Morgan fingerprint density at radius 2 is 1.87 bits per heavy atom. The Morgan fingerprint density at radius 1 is 1.10 bits per heavy atom. The monoisotopic (exact) mass is 426 g/mol. The van der Waals surface area contributed by atoms with Crippen LogP contribution in [0.4, 0.5) is 5.82 Å². The van der Waals surface area contributed by atoms with Gasteiger partial charge in [-0.1, -0.05) is 6.07 Å². The Bertz CT molecular complexity index is 1050. The highest BCUT2D eigenvalue weighted by molar-refractivity contribution is 7.12. The number of benzene rings is 1. The first-order valence-corrected chi connectivity index (χ1v) is 10.7. The summed E-state index contributed by atoms with van der Waals surface area (Å²) >= 11 is 1.47. The first-order valence-electron chi connectivity index (χ1n) is 9.80. The van der Waals surface area contributed by atoms with Crippen LogP contribution in [-0.2, 0) is 6.54 Å². The largest absolute Gasteiger partial charge is 0.454 e. The van der Waals surface area contributed by atoms with Gasteiger partial charge in [-0.25, -0.2) is 4.98 Å². The van der Waals surface area contributed by atoms with E-state index in [0.29, 0.717) is 18.8 Å². The molecule has 3 heterocycles. The minimum Gasteiger partial charge on any atom is -0.454 e. The summed E-state index contributed by atoms with van der Waals surface area (Å²) in [6.07, 6.45) is 0. The van der Waals surface area contributed by atoms with Crippen LogP contribution >= 0.6 is 11.3 Å². The van der Waals surface area contributed by atoms with E-state index in [1.165, 1.54) is 11.3 Å². The Labute approximate surface area is 180 Å². The fourth-order valence-corrected chi connectivity index (χ4v) is 4.13. The number of rotatable bonds is 7. The summed E-state index contributed by atoms with van der Waals surface area (Å²) in [4.78, 5) is 24.7. The van der Waals surface area contributed by atoms with Crippen LogP contribution in [0.2, 0.25) is 0 Å². The SMILES string of the molecule is CN(C)CCN(Cc1cc2cc3c(cc2nc1N(C)C)OCO3)C(=O)c1cccs1. The zero-order valence-electron chi connectivity index (χ0n) is 17.7. The van der Waals surface area contributed by atoms with Crippen LogP contribution in [-0.4, -0.2) is 68.8 Å². The van der Waals surface area contributed by atoms with Crippen molar-refractivity contribution in [1.29, 1.82) is 0 Å². The van der Waals surface area contributed by atoms with E-state index >= 15 is 0 Å². The molecule has 0 unspecified atom stereocenters. The minimum atomic E-state index is 0.0438. The molecule has 7 nitrogen and oxygen atoms in total. The van der Waals surface area contributed by atoms with Crippen molar-refractivity contribution in [3.05, 3.63) is 46.2 Å². The average Bonchev–Trinajstić information content (AvgIpc) is 3.39. The molecular formula is C22H26N4O3S. The summed E-state index contributed by atoms with van der Waals surface area (Å²) in [7, 11) is 7.96.